The van der Waals surface area contributed by atoms with E-state index in [1.807, 2.05) is 41.6 Å². The van der Waals surface area contributed by atoms with Crippen molar-refractivity contribution < 1.29 is 18.1 Å². The number of hydrogen-bond acceptors (Lipinski definition) is 4. The van der Waals surface area contributed by atoms with Crippen LogP contribution in [0, 0.1) is 13.8 Å². The normalized spacial score (nSPS) is 22.1. The Hall–Kier alpha value is -2.19. The molecule has 2 aliphatic heterocycles. The number of carbonyl (C=O) groups excluding carboxylic acids is 1. The Bertz CT molecular complexity index is 992. The van der Waals surface area contributed by atoms with E-state index >= 15 is 0 Å². The van der Waals surface area contributed by atoms with E-state index in [2.05, 4.69) is 17.2 Å². The van der Waals surface area contributed by atoms with Crippen molar-refractivity contribution >= 4 is 15.7 Å². The Morgan fingerprint density at radius 2 is 1.86 bits per heavy atom. The van der Waals surface area contributed by atoms with Crippen LogP contribution in [0.5, 0.6) is 0 Å². The second-order valence-electron chi connectivity index (χ2n) is 8.24. The Kier molecular flexibility index (Phi) is 5.48. The van der Waals surface area contributed by atoms with E-state index in [0.717, 1.165) is 36.5 Å². The third kappa shape index (κ3) is 4.23. The highest BCUT2D eigenvalue weighted by atomic mass is 32.2. The number of aromatic nitrogens is 2. The van der Waals surface area contributed by atoms with E-state index in [9.17, 15) is 13.2 Å². The maximum atomic E-state index is 13.2. The minimum atomic E-state index is -2.86. The van der Waals surface area contributed by atoms with Gasteiger partial charge in [0.1, 0.15) is 11.8 Å². The zero-order chi connectivity index (χ0) is 20.6. The summed E-state index contributed by atoms with van der Waals surface area (Å²) in [5.74, 6) is 0.640. The van der Waals surface area contributed by atoms with Crippen LogP contribution in [-0.2, 0) is 16.4 Å². The van der Waals surface area contributed by atoms with Gasteiger partial charge in [0.25, 0.3) is 5.91 Å². The van der Waals surface area contributed by atoms with Gasteiger partial charge in [0.2, 0.25) is 0 Å². The molecule has 1 N–H and O–H groups in total. The molecular weight excluding hydrogens is 388 g/mol. The number of carbonyl (C=O) groups is 1. The van der Waals surface area contributed by atoms with Crippen molar-refractivity contribution in [2.45, 2.75) is 32.9 Å². The second kappa shape index (κ2) is 7.91. The molecule has 0 spiro atoms. The van der Waals surface area contributed by atoms with Gasteiger partial charge < -0.3 is 9.80 Å². The van der Waals surface area contributed by atoms with Gasteiger partial charge in [-0.05, 0) is 19.4 Å². The first-order valence-corrected chi connectivity index (χ1v) is 12.1. The first-order valence-electron chi connectivity index (χ1n) is 10.3. The van der Waals surface area contributed by atoms with Crippen LogP contribution in [0.4, 0.5) is 0 Å². The maximum Gasteiger partial charge on any atom is 0.258 e. The molecule has 2 fully saturated rings. The molecule has 156 valence electrons. The van der Waals surface area contributed by atoms with E-state index in [0.29, 0.717) is 36.7 Å². The standard InChI is InChI=1S/C21H28N4O3S/c1-16-20(17(2)25(22-16)14-18-6-4-3-5-7-18)21(26)24-11-9-23(10-12-24)19-8-13-29(27,28)15-19/h3-7,19H,8-15H2,1-2H3/p+1/t19-/m1/s1. The number of aryl methyl sites for hydroxylation is 1. The molecule has 1 aromatic carbocycles. The highest BCUT2D eigenvalue weighted by Gasteiger charge is 2.38. The van der Waals surface area contributed by atoms with E-state index in [4.69, 9.17) is 0 Å². The fraction of sp³-hybridized carbons (Fsp3) is 0.524. The summed E-state index contributed by atoms with van der Waals surface area (Å²) in [5.41, 5.74) is 3.52. The highest BCUT2D eigenvalue weighted by Crippen LogP contribution is 2.18. The van der Waals surface area contributed by atoms with Crippen LogP contribution in [0.25, 0.3) is 0 Å². The number of amides is 1. The number of hydrogen-bond donors (Lipinski definition) is 1. The van der Waals surface area contributed by atoms with Crippen LogP contribution in [0.2, 0.25) is 0 Å². The molecule has 0 saturated carbocycles. The molecule has 2 aliphatic rings. The predicted octanol–water partition coefficient (Wildman–Crippen LogP) is 0.0760. The summed E-state index contributed by atoms with van der Waals surface area (Å²) in [7, 11) is -2.86. The molecular formula is C21H29N4O3S+. The van der Waals surface area contributed by atoms with Gasteiger partial charge in [-0.2, -0.15) is 5.10 Å². The monoisotopic (exact) mass is 417 g/mol. The molecule has 1 atom stereocenters. The van der Waals surface area contributed by atoms with Crippen LogP contribution in [0.1, 0.15) is 33.7 Å². The van der Waals surface area contributed by atoms with Crippen molar-refractivity contribution in [3.63, 3.8) is 0 Å². The van der Waals surface area contributed by atoms with Gasteiger partial charge in [-0.25, -0.2) is 8.42 Å². The highest BCUT2D eigenvalue weighted by molar-refractivity contribution is 7.91. The molecule has 0 bridgehead atoms. The smallest absolute Gasteiger partial charge is 0.258 e. The molecule has 0 radical (unpaired) electrons. The quantitative estimate of drug-likeness (QED) is 0.764. The predicted molar refractivity (Wildman–Crippen MR) is 111 cm³/mol. The number of piperazine rings is 1. The van der Waals surface area contributed by atoms with Crippen molar-refractivity contribution in [3.8, 4) is 0 Å². The molecule has 3 heterocycles. The average Bonchev–Trinajstić information content (AvgIpc) is 3.21. The number of nitrogens with one attached hydrogen (secondary N) is 1. The molecule has 0 unspecified atom stereocenters. The second-order valence-corrected chi connectivity index (χ2v) is 10.5. The Labute approximate surface area is 172 Å². The molecule has 29 heavy (non-hydrogen) atoms. The summed E-state index contributed by atoms with van der Waals surface area (Å²) >= 11 is 0. The average molecular weight is 418 g/mol. The summed E-state index contributed by atoms with van der Waals surface area (Å²) in [6.45, 7) is 7.44. The zero-order valence-corrected chi connectivity index (χ0v) is 17.9. The molecule has 4 rings (SSSR count). The molecule has 0 aliphatic carbocycles. The lowest BCUT2D eigenvalue weighted by Gasteiger charge is -2.35. The van der Waals surface area contributed by atoms with Gasteiger partial charge in [0.15, 0.2) is 9.84 Å². The van der Waals surface area contributed by atoms with Gasteiger partial charge in [-0.15, -0.1) is 0 Å². The van der Waals surface area contributed by atoms with E-state index < -0.39 is 9.84 Å². The first-order chi connectivity index (χ1) is 13.8. The van der Waals surface area contributed by atoms with Crippen LogP contribution in [0.15, 0.2) is 30.3 Å². The van der Waals surface area contributed by atoms with Crippen molar-refractivity contribution in [1.82, 2.24) is 14.7 Å². The van der Waals surface area contributed by atoms with Gasteiger partial charge in [-0.3, -0.25) is 9.48 Å². The lowest BCUT2D eigenvalue weighted by molar-refractivity contribution is -0.925. The molecule has 1 aromatic heterocycles. The number of benzene rings is 1. The van der Waals surface area contributed by atoms with Crippen LogP contribution in [-0.4, -0.2) is 72.7 Å². The summed E-state index contributed by atoms with van der Waals surface area (Å²) in [4.78, 5) is 16.4. The van der Waals surface area contributed by atoms with Crippen molar-refractivity contribution in [2.75, 3.05) is 37.7 Å². The SMILES string of the molecule is Cc1nn(Cc2ccccc2)c(C)c1C(=O)N1CC[NH+]([C@@H]2CCS(=O)(=O)C2)CC1. The fourth-order valence-electron chi connectivity index (χ4n) is 4.60. The molecule has 8 heteroatoms. The largest absolute Gasteiger partial charge is 0.329 e. The van der Waals surface area contributed by atoms with E-state index in [1.54, 1.807) is 0 Å². The van der Waals surface area contributed by atoms with Crippen LogP contribution >= 0.6 is 0 Å². The number of quaternary nitrogens is 1. The Morgan fingerprint density at radius 3 is 2.48 bits per heavy atom. The number of rotatable bonds is 4. The lowest BCUT2D eigenvalue weighted by Crippen LogP contribution is -3.18. The van der Waals surface area contributed by atoms with Gasteiger partial charge in [0, 0.05) is 12.1 Å². The topological polar surface area (TPSA) is 76.7 Å². The Balaban J connectivity index is 1.43. The maximum absolute atomic E-state index is 13.2. The van der Waals surface area contributed by atoms with Gasteiger partial charge >= 0.3 is 0 Å². The summed E-state index contributed by atoms with van der Waals surface area (Å²) in [6, 6.07) is 10.3. The number of sulfone groups is 1. The molecule has 2 saturated heterocycles. The molecule has 1 amide bonds. The third-order valence-corrected chi connectivity index (χ3v) is 8.04. The van der Waals surface area contributed by atoms with Gasteiger partial charge in [0.05, 0.1) is 49.7 Å². The van der Waals surface area contributed by atoms with Crippen LogP contribution in [0.3, 0.4) is 0 Å². The van der Waals surface area contributed by atoms with E-state index in [1.165, 1.54) is 4.90 Å². The van der Waals surface area contributed by atoms with Crippen molar-refractivity contribution in [2.24, 2.45) is 0 Å². The van der Waals surface area contributed by atoms with Crippen LogP contribution < -0.4 is 4.90 Å². The Morgan fingerprint density at radius 1 is 1.17 bits per heavy atom. The zero-order valence-electron chi connectivity index (χ0n) is 17.1. The minimum absolute atomic E-state index is 0.0393. The van der Waals surface area contributed by atoms with E-state index in [-0.39, 0.29) is 11.9 Å². The van der Waals surface area contributed by atoms with Crippen molar-refractivity contribution in [1.29, 1.82) is 0 Å². The summed E-state index contributed by atoms with van der Waals surface area (Å²) in [6.07, 6.45) is 0.746. The lowest BCUT2D eigenvalue weighted by atomic mass is 10.1. The van der Waals surface area contributed by atoms with Gasteiger partial charge in [-0.1, -0.05) is 30.3 Å². The molecule has 7 nitrogen and oxygen atoms in total. The summed E-state index contributed by atoms with van der Waals surface area (Å²) < 4.78 is 25.4. The fourth-order valence-corrected chi connectivity index (χ4v) is 6.42. The molecule has 2 aromatic rings. The third-order valence-electron chi connectivity index (χ3n) is 6.27. The van der Waals surface area contributed by atoms with Crippen molar-refractivity contribution in [3.05, 3.63) is 52.8 Å². The summed E-state index contributed by atoms with van der Waals surface area (Å²) in [5, 5.41) is 4.61. The number of nitrogens with zero attached hydrogens (tertiary/aromatic N) is 3. The first kappa shape index (κ1) is 20.1. The minimum Gasteiger partial charge on any atom is -0.329 e.